The van der Waals surface area contributed by atoms with Crippen molar-refractivity contribution in [2.45, 2.75) is 12.5 Å². The van der Waals surface area contributed by atoms with Crippen molar-refractivity contribution in [3.8, 4) is 5.69 Å². The lowest BCUT2D eigenvalue weighted by Crippen LogP contribution is -2.33. The average Bonchev–Trinajstić information content (AvgIpc) is 2.85. The molecule has 2 heterocycles. The molecule has 1 unspecified atom stereocenters. The molecule has 2 aromatic rings. The fraction of sp³-hybridized carbons (Fsp3) is 0.385. The summed E-state index contributed by atoms with van der Waals surface area (Å²) in [4.78, 5) is 24.0. The Morgan fingerprint density at radius 2 is 2.18 bits per heavy atom. The summed E-state index contributed by atoms with van der Waals surface area (Å²) < 4.78 is 7.37. The Kier molecular flexibility index (Phi) is 4.68. The number of amides is 1. The van der Waals surface area contributed by atoms with Crippen molar-refractivity contribution >= 4 is 5.91 Å². The van der Waals surface area contributed by atoms with E-state index in [1.165, 1.54) is 24.2 Å². The van der Waals surface area contributed by atoms with E-state index in [2.05, 4.69) is 10.2 Å². The van der Waals surface area contributed by atoms with Gasteiger partial charge in [0.05, 0.1) is 31.3 Å². The fourth-order valence-corrected chi connectivity index (χ4v) is 2.11. The normalized spacial score (nSPS) is 12.3. The summed E-state index contributed by atoms with van der Waals surface area (Å²) in [6.07, 6.45) is 3.55. The maximum atomic E-state index is 12.4. The number of aliphatic hydroxyl groups is 1. The first-order valence-electron chi connectivity index (χ1n) is 6.51. The van der Waals surface area contributed by atoms with Gasteiger partial charge in [0.2, 0.25) is 0 Å². The van der Waals surface area contributed by atoms with Gasteiger partial charge in [-0.2, -0.15) is 14.9 Å². The topological polar surface area (TPSA) is 125 Å². The third-order valence-corrected chi connectivity index (χ3v) is 3.05. The second-order valence-electron chi connectivity index (χ2n) is 4.81. The van der Waals surface area contributed by atoms with E-state index in [9.17, 15) is 14.7 Å². The Morgan fingerprint density at radius 1 is 1.45 bits per heavy atom. The number of ether oxygens (including phenoxy) is 1. The summed E-state index contributed by atoms with van der Waals surface area (Å²) in [6.45, 7) is 0.0733. The van der Waals surface area contributed by atoms with Gasteiger partial charge < -0.3 is 15.6 Å². The van der Waals surface area contributed by atoms with Gasteiger partial charge in [0.15, 0.2) is 0 Å². The van der Waals surface area contributed by atoms with Crippen LogP contribution in [0.3, 0.4) is 0 Å². The van der Waals surface area contributed by atoms with Crippen LogP contribution >= 0.6 is 0 Å². The Morgan fingerprint density at radius 3 is 2.73 bits per heavy atom. The monoisotopic (exact) mass is 307 g/mol. The molecule has 0 aliphatic rings. The minimum absolute atomic E-state index is 0.0439. The van der Waals surface area contributed by atoms with Gasteiger partial charge in [0.1, 0.15) is 11.3 Å². The van der Waals surface area contributed by atoms with Crippen LogP contribution in [0, 0.1) is 0 Å². The van der Waals surface area contributed by atoms with Crippen LogP contribution < -0.4 is 11.3 Å². The minimum atomic E-state index is -0.871. The molecule has 0 bridgehead atoms. The Bertz CT molecular complexity index is 736. The van der Waals surface area contributed by atoms with Crippen molar-refractivity contribution in [1.29, 1.82) is 0 Å². The maximum absolute atomic E-state index is 12.4. The van der Waals surface area contributed by atoms with Gasteiger partial charge in [-0.15, -0.1) is 0 Å². The number of methoxy groups -OCH3 is 1. The van der Waals surface area contributed by atoms with Crippen LogP contribution in [-0.2, 0) is 18.2 Å². The molecule has 3 N–H and O–H groups in total. The first-order chi connectivity index (χ1) is 10.4. The van der Waals surface area contributed by atoms with E-state index in [1.807, 2.05) is 0 Å². The van der Waals surface area contributed by atoms with Crippen LogP contribution in [0.4, 0.5) is 0 Å². The van der Waals surface area contributed by atoms with Crippen LogP contribution in [-0.4, -0.2) is 50.4 Å². The van der Waals surface area contributed by atoms with E-state index in [-0.39, 0.29) is 24.2 Å². The third-order valence-electron chi connectivity index (χ3n) is 3.05. The number of carbonyl (C=O) groups excluding carboxylic acids is 1. The lowest BCUT2D eigenvalue weighted by Gasteiger charge is -2.12. The first-order valence-corrected chi connectivity index (χ1v) is 6.51. The van der Waals surface area contributed by atoms with Crippen molar-refractivity contribution in [2.75, 3.05) is 13.7 Å². The molecule has 22 heavy (non-hydrogen) atoms. The van der Waals surface area contributed by atoms with E-state index >= 15 is 0 Å². The van der Waals surface area contributed by atoms with Crippen LogP contribution in [0.15, 0.2) is 23.4 Å². The van der Waals surface area contributed by atoms with Crippen molar-refractivity contribution in [3.05, 3.63) is 40.1 Å². The highest BCUT2D eigenvalue weighted by Crippen LogP contribution is 2.08. The highest BCUT2D eigenvalue weighted by Gasteiger charge is 2.19. The standard InChI is InChI=1S/C13H17N5O4/c1-17-6-9(5-15-17)18-13(21)11(12(14)20)8(4-16-18)3-10(19)7-22-2/h4-6,10,19H,3,7H2,1-2H3,(H2,14,20). The number of primary amides is 1. The highest BCUT2D eigenvalue weighted by atomic mass is 16.5. The number of carbonyl (C=O) groups is 1. The van der Waals surface area contributed by atoms with Gasteiger partial charge in [0, 0.05) is 20.6 Å². The number of aryl methyl sites for hydroxylation is 1. The smallest absolute Gasteiger partial charge is 0.284 e. The van der Waals surface area contributed by atoms with Gasteiger partial charge in [-0.05, 0) is 5.56 Å². The zero-order valence-corrected chi connectivity index (χ0v) is 12.3. The maximum Gasteiger partial charge on any atom is 0.284 e. The molecule has 0 spiro atoms. The molecule has 1 atom stereocenters. The SMILES string of the molecule is COCC(O)Cc1cnn(-c2cnn(C)c2)c(=O)c1C(N)=O. The molecule has 0 aromatic carbocycles. The molecule has 0 fully saturated rings. The summed E-state index contributed by atoms with van der Waals surface area (Å²) in [5.41, 5.74) is 5.15. The molecule has 0 aliphatic heterocycles. The molecular formula is C13H17N5O4. The van der Waals surface area contributed by atoms with Gasteiger partial charge in [0.25, 0.3) is 11.5 Å². The molecule has 1 amide bonds. The number of aliphatic hydroxyl groups excluding tert-OH is 1. The van der Waals surface area contributed by atoms with Gasteiger partial charge in [-0.3, -0.25) is 14.3 Å². The number of aromatic nitrogens is 4. The molecule has 118 valence electrons. The zero-order chi connectivity index (χ0) is 16.3. The van der Waals surface area contributed by atoms with Crippen molar-refractivity contribution in [2.24, 2.45) is 12.8 Å². The van der Waals surface area contributed by atoms with Gasteiger partial charge >= 0.3 is 0 Å². The number of rotatable bonds is 6. The lowest BCUT2D eigenvalue weighted by molar-refractivity contribution is 0.0647. The molecule has 0 aliphatic carbocycles. The lowest BCUT2D eigenvalue weighted by atomic mass is 10.0. The van der Waals surface area contributed by atoms with Gasteiger partial charge in [-0.25, -0.2) is 0 Å². The van der Waals surface area contributed by atoms with Crippen LogP contribution in [0.1, 0.15) is 15.9 Å². The second-order valence-corrected chi connectivity index (χ2v) is 4.81. The average molecular weight is 307 g/mol. The van der Waals surface area contributed by atoms with E-state index < -0.39 is 17.6 Å². The predicted octanol–water partition coefficient (Wildman–Crippen LogP) is -1.39. The molecule has 0 saturated carbocycles. The number of hydrogen-bond acceptors (Lipinski definition) is 6. The first kappa shape index (κ1) is 15.9. The summed E-state index contributed by atoms with van der Waals surface area (Å²) in [5, 5.41) is 17.7. The summed E-state index contributed by atoms with van der Waals surface area (Å²) in [6, 6.07) is 0. The molecular weight excluding hydrogens is 290 g/mol. The molecule has 2 aromatic heterocycles. The number of nitrogens with zero attached hydrogens (tertiary/aromatic N) is 4. The van der Waals surface area contributed by atoms with E-state index in [0.717, 1.165) is 4.68 Å². The summed E-state index contributed by atoms with van der Waals surface area (Å²) in [7, 11) is 3.13. The Hall–Kier alpha value is -2.52. The van der Waals surface area contributed by atoms with Crippen molar-refractivity contribution in [3.63, 3.8) is 0 Å². The van der Waals surface area contributed by atoms with Crippen molar-refractivity contribution in [1.82, 2.24) is 19.6 Å². The van der Waals surface area contributed by atoms with E-state index in [0.29, 0.717) is 5.69 Å². The molecule has 2 rings (SSSR count). The molecule has 0 radical (unpaired) electrons. The van der Waals surface area contributed by atoms with Crippen LogP contribution in [0.2, 0.25) is 0 Å². The minimum Gasteiger partial charge on any atom is -0.390 e. The molecule has 9 heteroatoms. The highest BCUT2D eigenvalue weighted by molar-refractivity contribution is 5.93. The zero-order valence-electron chi connectivity index (χ0n) is 12.3. The quantitative estimate of drug-likeness (QED) is 0.677. The predicted molar refractivity (Wildman–Crippen MR) is 76.7 cm³/mol. The number of hydrogen-bond donors (Lipinski definition) is 2. The van der Waals surface area contributed by atoms with Crippen molar-refractivity contribution < 1.29 is 14.6 Å². The second kappa shape index (κ2) is 6.50. The van der Waals surface area contributed by atoms with Crippen LogP contribution in [0.25, 0.3) is 5.69 Å². The Balaban J connectivity index is 2.48. The largest absolute Gasteiger partial charge is 0.390 e. The fourth-order valence-electron chi connectivity index (χ4n) is 2.11. The summed E-state index contributed by atoms with van der Waals surface area (Å²) >= 11 is 0. The number of nitrogens with two attached hydrogens (primary N) is 1. The van der Waals surface area contributed by atoms with E-state index in [4.69, 9.17) is 10.5 Å². The Labute approximate surface area is 125 Å². The van der Waals surface area contributed by atoms with Crippen LogP contribution in [0.5, 0.6) is 0 Å². The molecule has 0 saturated heterocycles. The van der Waals surface area contributed by atoms with Gasteiger partial charge in [-0.1, -0.05) is 0 Å². The summed E-state index contributed by atoms with van der Waals surface area (Å²) in [5.74, 6) is -0.871. The van der Waals surface area contributed by atoms with E-state index in [1.54, 1.807) is 13.2 Å². The molecule has 9 nitrogen and oxygen atoms in total. The third kappa shape index (κ3) is 3.21.